The summed E-state index contributed by atoms with van der Waals surface area (Å²) in [5, 5.41) is 7.41. The lowest BCUT2D eigenvalue weighted by molar-refractivity contribution is 0.0143. The molecule has 18 heavy (non-hydrogen) atoms. The van der Waals surface area contributed by atoms with Crippen LogP contribution < -0.4 is 5.32 Å². The van der Waals surface area contributed by atoms with Crippen LogP contribution in [0.3, 0.4) is 0 Å². The third-order valence-electron chi connectivity index (χ3n) is 2.68. The highest BCUT2D eigenvalue weighted by atomic mass is 19.3. The molecule has 0 saturated heterocycles. The lowest BCUT2D eigenvalue weighted by Crippen LogP contribution is -2.22. The molecule has 1 aromatic heterocycles. The number of rotatable bonds is 9. The first-order valence-electron chi connectivity index (χ1n) is 6.23. The molecule has 4 nitrogen and oxygen atoms in total. The van der Waals surface area contributed by atoms with Gasteiger partial charge in [-0.25, -0.2) is 8.78 Å². The molecular formula is C12H21F2N3O. The molecule has 1 rings (SSSR count). The molecule has 0 aliphatic heterocycles. The summed E-state index contributed by atoms with van der Waals surface area (Å²) in [5.41, 5.74) is 1.07. The van der Waals surface area contributed by atoms with E-state index in [2.05, 4.69) is 17.3 Å². The predicted octanol–water partition coefficient (Wildman–Crippen LogP) is 2.23. The lowest BCUT2D eigenvalue weighted by Gasteiger charge is -2.17. The summed E-state index contributed by atoms with van der Waals surface area (Å²) in [5.74, 6) is 0. The normalized spacial score (nSPS) is 13.2. The highest BCUT2D eigenvalue weighted by Crippen LogP contribution is 2.16. The molecule has 0 aliphatic carbocycles. The summed E-state index contributed by atoms with van der Waals surface area (Å²) in [7, 11) is 1.85. The Morgan fingerprint density at radius 1 is 1.50 bits per heavy atom. The molecule has 0 fully saturated rings. The van der Waals surface area contributed by atoms with Gasteiger partial charge in [0.1, 0.15) is 6.61 Å². The van der Waals surface area contributed by atoms with Gasteiger partial charge in [-0.2, -0.15) is 5.10 Å². The SMILES string of the molecule is CCCn1nccc1C(CCOCC(F)F)NC. The van der Waals surface area contributed by atoms with Gasteiger partial charge in [0.05, 0.1) is 11.7 Å². The van der Waals surface area contributed by atoms with Crippen LogP contribution in [0.2, 0.25) is 0 Å². The molecular weight excluding hydrogens is 240 g/mol. The Balaban J connectivity index is 2.46. The maximum atomic E-state index is 11.9. The Kier molecular flexibility index (Phi) is 6.82. The maximum Gasteiger partial charge on any atom is 0.261 e. The van der Waals surface area contributed by atoms with Crippen molar-refractivity contribution < 1.29 is 13.5 Å². The highest BCUT2D eigenvalue weighted by Gasteiger charge is 2.14. The smallest absolute Gasteiger partial charge is 0.261 e. The van der Waals surface area contributed by atoms with Gasteiger partial charge in [-0.1, -0.05) is 6.92 Å². The fourth-order valence-electron chi connectivity index (χ4n) is 1.85. The number of ether oxygens (including phenoxy) is 1. The Labute approximate surface area is 106 Å². The van der Waals surface area contributed by atoms with Crippen LogP contribution in [-0.2, 0) is 11.3 Å². The average Bonchev–Trinajstić information content (AvgIpc) is 2.78. The molecule has 0 radical (unpaired) electrons. The van der Waals surface area contributed by atoms with Gasteiger partial charge in [-0.05, 0) is 26.0 Å². The van der Waals surface area contributed by atoms with E-state index in [-0.39, 0.29) is 6.04 Å². The van der Waals surface area contributed by atoms with Gasteiger partial charge in [0.15, 0.2) is 0 Å². The van der Waals surface area contributed by atoms with E-state index < -0.39 is 13.0 Å². The van der Waals surface area contributed by atoms with Gasteiger partial charge in [0, 0.05) is 19.3 Å². The molecule has 0 bridgehead atoms. The first-order chi connectivity index (χ1) is 8.69. The fourth-order valence-corrected chi connectivity index (χ4v) is 1.85. The van der Waals surface area contributed by atoms with Gasteiger partial charge in [0.25, 0.3) is 6.43 Å². The summed E-state index contributed by atoms with van der Waals surface area (Å²) in [6.07, 6.45) is 1.02. The monoisotopic (exact) mass is 261 g/mol. The van der Waals surface area contributed by atoms with Crippen molar-refractivity contribution in [1.82, 2.24) is 15.1 Å². The number of halogens is 2. The predicted molar refractivity (Wildman–Crippen MR) is 65.8 cm³/mol. The highest BCUT2D eigenvalue weighted by molar-refractivity contribution is 5.06. The van der Waals surface area contributed by atoms with Crippen LogP contribution in [0.1, 0.15) is 31.5 Å². The van der Waals surface area contributed by atoms with Crippen molar-refractivity contribution in [2.24, 2.45) is 0 Å². The molecule has 0 spiro atoms. The molecule has 6 heteroatoms. The molecule has 1 unspecified atom stereocenters. The van der Waals surface area contributed by atoms with Crippen LogP contribution in [0.25, 0.3) is 0 Å². The number of alkyl halides is 2. The van der Waals surface area contributed by atoms with Gasteiger partial charge in [-0.3, -0.25) is 4.68 Å². The zero-order chi connectivity index (χ0) is 13.4. The fraction of sp³-hybridized carbons (Fsp3) is 0.750. The second kappa shape index (κ2) is 8.16. The summed E-state index contributed by atoms with van der Waals surface area (Å²) in [4.78, 5) is 0. The van der Waals surface area contributed by atoms with Crippen LogP contribution in [0.15, 0.2) is 12.3 Å². The second-order valence-corrected chi connectivity index (χ2v) is 4.08. The summed E-state index contributed by atoms with van der Waals surface area (Å²) >= 11 is 0. The minimum atomic E-state index is -2.40. The molecule has 1 heterocycles. The van der Waals surface area contributed by atoms with Crippen molar-refractivity contribution >= 4 is 0 Å². The van der Waals surface area contributed by atoms with E-state index in [0.29, 0.717) is 13.0 Å². The maximum absolute atomic E-state index is 11.9. The molecule has 1 N–H and O–H groups in total. The topological polar surface area (TPSA) is 39.1 Å². The molecule has 1 aromatic rings. The molecule has 0 aromatic carbocycles. The van der Waals surface area contributed by atoms with E-state index in [1.54, 1.807) is 6.20 Å². The average molecular weight is 261 g/mol. The van der Waals surface area contributed by atoms with Crippen LogP contribution in [-0.4, -0.2) is 36.5 Å². The second-order valence-electron chi connectivity index (χ2n) is 4.08. The number of nitrogens with one attached hydrogen (secondary N) is 1. The van der Waals surface area contributed by atoms with Crippen LogP contribution in [0.5, 0.6) is 0 Å². The van der Waals surface area contributed by atoms with E-state index in [0.717, 1.165) is 18.7 Å². The first kappa shape index (κ1) is 15.0. The van der Waals surface area contributed by atoms with Crippen molar-refractivity contribution in [3.63, 3.8) is 0 Å². The van der Waals surface area contributed by atoms with E-state index in [4.69, 9.17) is 4.74 Å². The van der Waals surface area contributed by atoms with Gasteiger partial charge in [-0.15, -0.1) is 0 Å². The molecule has 0 aliphatic rings. The van der Waals surface area contributed by atoms with Gasteiger partial charge < -0.3 is 10.1 Å². The minimum absolute atomic E-state index is 0.0803. The third-order valence-corrected chi connectivity index (χ3v) is 2.68. The number of aromatic nitrogens is 2. The number of hydrogen-bond acceptors (Lipinski definition) is 3. The number of aryl methyl sites for hydroxylation is 1. The minimum Gasteiger partial charge on any atom is -0.375 e. The summed E-state index contributed by atoms with van der Waals surface area (Å²) in [6, 6.07) is 2.03. The third kappa shape index (κ3) is 4.70. The van der Waals surface area contributed by atoms with Crippen LogP contribution in [0, 0.1) is 0 Å². The Morgan fingerprint density at radius 3 is 2.89 bits per heavy atom. The lowest BCUT2D eigenvalue weighted by atomic mass is 10.1. The summed E-state index contributed by atoms with van der Waals surface area (Å²) < 4.78 is 30.7. The largest absolute Gasteiger partial charge is 0.375 e. The van der Waals surface area contributed by atoms with E-state index in [1.807, 2.05) is 17.8 Å². The van der Waals surface area contributed by atoms with Crippen molar-refractivity contribution in [2.45, 2.75) is 38.8 Å². The van der Waals surface area contributed by atoms with E-state index >= 15 is 0 Å². The Morgan fingerprint density at radius 2 is 2.28 bits per heavy atom. The van der Waals surface area contributed by atoms with Gasteiger partial charge >= 0.3 is 0 Å². The van der Waals surface area contributed by atoms with Crippen molar-refractivity contribution in [3.8, 4) is 0 Å². The number of hydrogen-bond donors (Lipinski definition) is 1. The number of nitrogens with zero attached hydrogens (tertiary/aromatic N) is 2. The molecule has 0 amide bonds. The van der Waals surface area contributed by atoms with E-state index in [1.165, 1.54) is 0 Å². The zero-order valence-corrected chi connectivity index (χ0v) is 10.9. The Bertz CT molecular complexity index is 331. The van der Waals surface area contributed by atoms with Crippen molar-refractivity contribution in [2.75, 3.05) is 20.3 Å². The quantitative estimate of drug-likeness (QED) is 0.693. The first-order valence-corrected chi connectivity index (χ1v) is 6.23. The van der Waals surface area contributed by atoms with Crippen molar-refractivity contribution in [3.05, 3.63) is 18.0 Å². The molecule has 0 saturated carbocycles. The molecule has 1 atom stereocenters. The molecule has 104 valence electrons. The van der Waals surface area contributed by atoms with E-state index in [9.17, 15) is 8.78 Å². The van der Waals surface area contributed by atoms with Crippen LogP contribution in [0.4, 0.5) is 8.78 Å². The van der Waals surface area contributed by atoms with Crippen LogP contribution >= 0.6 is 0 Å². The summed E-state index contributed by atoms with van der Waals surface area (Å²) in [6.45, 7) is 2.77. The van der Waals surface area contributed by atoms with Gasteiger partial charge in [0.2, 0.25) is 0 Å². The van der Waals surface area contributed by atoms with Crippen molar-refractivity contribution in [1.29, 1.82) is 0 Å². The Hall–Kier alpha value is -1.01. The zero-order valence-electron chi connectivity index (χ0n) is 10.9. The standard InChI is InChI=1S/C12H21F2N3O/c1-3-7-17-11(4-6-16-17)10(15-2)5-8-18-9-12(13)14/h4,6,10,12,15H,3,5,7-9H2,1-2H3.